The molecule has 1 aliphatic heterocycles. The third kappa shape index (κ3) is 9.38. The highest BCUT2D eigenvalue weighted by molar-refractivity contribution is 7.99. The van der Waals surface area contributed by atoms with Gasteiger partial charge in [-0.3, -0.25) is 9.69 Å². The number of phenols is 1. The number of rotatable bonds is 12. The number of halogens is 3. The van der Waals surface area contributed by atoms with Crippen LogP contribution in [0.15, 0.2) is 106 Å². The van der Waals surface area contributed by atoms with E-state index in [0.29, 0.717) is 30.7 Å². The fraction of sp³-hybridized carbons (Fsp3) is 0.229. The normalized spacial score (nSPS) is 14.0. The predicted octanol–water partition coefficient (Wildman–Crippen LogP) is 6.57. The number of sulfonamides is 1. The maximum atomic E-state index is 13.9. The van der Waals surface area contributed by atoms with Crippen molar-refractivity contribution in [3.63, 3.8) is 0 Å². The molecule has 1 amide bonds. The molecule has 0 saturated carbocycles. The van der Waals surface area contributed by atoms with E-state index in [4.69, 9.17) is 0 Å². The van der Waals surface area contributed by atoms with Gasteiger partial charge in [0.1, 0.15) is 5.75 Å². The smallest absolute Gasteiger partial charge is 0.418 e. The van der Waals surface area contributed by atoms with Crippen molar-refractivity contribution >= 4 is 50.5 Å². The van der Waals surface area contributed by atoms with Crippen molar-refractivity contribution in [2.45, 2.75) is 22.5 Å². The first-order valence-corrected chi connectivity index (χ1v) is 19.2. The van der Waals surface area contributed by atoms with E-state index in [1.807, 2.05) is 52.1 Å². The minimum absolute atomic E-state index is 0.203. The lowest BCUT2D eigenvalue weighted by atomic mass is 10.1. The molecule has 0 radical (unpaired) electrons. The molecule has 16 heteroatoms. The highest BCUT2D eigenvalue weighted by atomic mass is 32.2. The summed E-state index contributed by atoms with van der Waals surface area (Å²) in [5, 5.41) is 22.6. The highest BCUT2D eigenvalue weighted by Gasteiger charge is 2.35. The molecule has 2 aromatic heterocycles. The lowest BCUT2D eigenvalue weighted by Gasteiger charge is -2.34. The average molecular weight is 755 g/mol. The van der Waals surface area contributed by atoms with Gasteiger partial charge in [-0.05, 0) is 77.2 Å². The summed E-state index contributed by atoms with van der Waals surface area (Å²) in [6.07, 6.45) is -4.85. The molecule has 1 aliphatic rings. The van der Waals surface area contributed by atoms with Crippen LogP contribution in [0.5, 0.6) is 5.75 Å². The molecule has 0 atom stereocenters. The van der Waals surface area contributed by atoms with Crippen LogP contribution in [0.4, 0.5) is 24.7 Å². The van der Waals surface area contributed by atoms with Gasteiger partial charge in [-0.15, -0.1) is 33.3 Å². The predicted molar refractivity (Wildman–Crippen MR) is 193 cm³/mol. The second kappa shape index (κ2) is 15.7. The van der Waals surface area contributed by atoms with Crippen molar-refractivity contribution in [2.24, 2.45) is 0 Å². The third-order valence-corrected chi connectivity index (χ3v) is 11.3. The lowest BCUT2D eigenvalue weighted by molar-refractivity contribution is -0.137. The Morgan fingerprint density at radius 2 is 1.69 bits per heavy atom. The summed E-state index contributed by atoms with van der Waals surface area (Å²) in [7, 11) is -4.67. The standard InChI is InChI=1S/C35H33F3N6O4S3/c36-35(37,38)30-21-29(9-10-31(30)39-13-18-49-27-7-2-1-3-8-27)51(47,48)42-34(46)32-11-12-33(41-40-32)44-16-14-43(15-17-44)22-28-20-25(23-50-28)24-5-4-6-26(45)19-24/h1-12,19-21,23,39,45H,13-18,22H2,(H,42,46). The number of aromatic hydroxyl groups is 1. The number of phenolic OH excluding ortho intramolecular Hbond substituents is 1. The van der Waals surface area contributed by atoms with E-state index in [-0.39, 0.29) is 23.7 Å². The van der Waals surface area contributed by atoms with Crippen molar-refractivity contribution in [3.05, 3.63) is 113 Å². The molecule has 0 bridgehead atoms. The first-order valence-electron chi connectivity index (χ1n) is 15.8. The molecule has 3 N–H and O–H groups in total. The fourth-order valence-corrected chi connectivity index (χ4v) is 8.17. The van der Waals surface area contributed by atoms with Gasteiger partial charge in [-0.2, -0.15) is 13.2 Å². The van der Waals surface area contributed by atoms with Gasteiger partial charge in [0, 0.05) is 60.5 Å². The van der Waals surface area contributed by atoms with Gasteiger partial charge in [0.05, 0.1) is 10.5 Å². The molecule has 3 heterocycles. The number of alkyl halides is 3. The second-order valence-corrected chi connectivity index (χ2v) is 15.5. The van der Waals surface area contributed by atoms with Gasteiger partial charge in [0.25, 0.3) is 15.9 Å². The molecular formula is C35H33F3N6O4S3. The highest BCUT2D eigenvalue weighted by Crippen LogP contribution is 2.36. The number of hydrogen-bond donors (Lipinski definition) is 3. The van der Waals surface area contributed by atoms with Gasteiger partial charge in [0.2, 0.25) is 0 Å². The number of amides is 1. The van der Waals surface area contributed by atoms with Crippen molar-refractivity contribution in [2.75, 3.05) is 48.7 Å². The third-order valence-electron chi connectivity index (χ3n) is 8.06. The maximum Gasteiger partial charge on any atom is 0.418 e. The number of piperazine rings is 1. The minimum atomic E-state index is -4.85. The van der Waals surface area contributed by atoms with Crippen molar-refractivity contribution in [1.82, 2.24) is 19.8 Å². The number of aromatic nitrogens is 2. The van der Waals surface area contributed by atoms with E-state index in [0.717, 1.165) is 47.8 Å². The maximum absolute atomic E-state index is 13.9. The van der Waals surface area contributed by atoms with E-state index in [9.17, 15) is 31.5 Å². The summed E-state index contributed by atoms with van der Waals surface area (Å²) in [5.41, 5.74) is 0.275. The number of carbonyl (C=O) groups excluding carboxylic acids is 1. The topological polar surface area (TPSA) is 128 Å². The molecule has 266 valence electrons. The summed E-state index contributed by atoms with van der Waals surface area (Å²) in [6.45, 7) is 3.78. The number of thiophene rings is 1. The van der Waals surface area contributed by atoms with Crippen LogP contribution in [0.25, 0.3) is 11.1 Å². The SMILES string of the molecule is O=C(NS(=O)(=O)c1ccc(NCCSc2ccccc2)c(C(F)(F)F)c1)c1ccc(N2CCN(Cc3cc(-c4cccc(O)c4)cs3)CC2)nn1. The van der Waals surface area contributed by atoms with Gasteiger partial charge in [0.15, 0.2) is 11.5 Å². The summed E-state index contributed by atoms with van der Waals surface area (Å²) in [4.78, 5) is 18.6. The Balaban J connectivity index is 1.02. The molecule has 51 heavy (non-hydrogen) atoms. The Bertz CT molecular complexity index is 2070. The molecule has 1 saturated heterocycles. The quantitative estimate of drug-likeness (QED) is 0.0951. The summed E-state index contributed by atoms with van der Waals surface area (Å²) < 4.78 is 69.6. The molecule has 3 aromatic carbocycles. The number of carbonyl (C=O) groups is 1. The number of benzene rings is 3. The second-order valence-electron chi connectivity index (χ2n) is 11.6. The molecule has 0 unspecified atom stereocenters. The Morgan fingerprint density at radius 1 is 0.902 bits per heavy atom. The van der Waals surface area contributed by atoms with Crippen LogP contribution in [0.2, 0.25) is 0 Å². The summed E-state index contributed by atoms with van der Waals surface area (Å²) >= 11 is 3.13. The minimum Gasteiger partial charge on any atom is -0.508 e. The van der Waals surface area contributed by atoms with E-state index in [2.05, 4.69) is 31.9 Å². The van der Waals surface area contributed by atoms with Gasteiger partial charge < -0.3 is 15.3 Å². The molecular weight excluding hydrogens is 722 g/mol. The number of thioether (sulfide) groups is 1. The summed E-state index contributed by atoms with van der Waals surface area (Å²) in [6, 6.07) is 24.1. The zero-order valence-electron chi connectivity index (χ0n) is 27.0. The number of hydrogen-bond acceptors (Lipinski definition) is 11. The van der Waals surface area contributed by atoms with Crippen molar-refractivity contribution in [3.8, 4) is 16.9 Å². The van der Waals surface area contributed by atoms with Crippen LogP contribution in [0, 0.1) is 0 Å². The molecule has 0 aliphatic carbocycles. The van der Waals surface area contributed by atoms with Gasteiger partial charge >= 0.3 is 6.18 Å². The van der Waals surface area contributed by atoms with Crippen LogP contribution in [-0.4, -0.2) is 73.0 Å². The van der Waals surface area contributed by atoms with Crippen LogP contribution in [0.1, 0.15) is 20.9 Å². The van der Waals surface area contributed by atoms with Crippen LogP contribution in [0.3, 0.4) is 0 Å². The first-order chi connectivity index (χ1) is 24.4. The fourth-order valence-electron chi connectivity index (χ4n) is 5.45. The summed E-state index contributed by atoms with van der Waals surface area (Å²) in [5.74, 6) is 0.0955. The molecule has 0 spiro atoms. The largest absolute Gasteiger partial charge is 0.508 e. The van der Waals surface area contributed by atoms with E-state index < -0.39 is 32.6 Å². The van der Waals surface area contributed by atoms with E-state index >= 15 is 0 Å². The Hall–Kier alpha value is -4.64. The van der Waals surface area contributed by atoms with Crippen molar-refractivity contribution < 1.29 is 31.5 Å². The zero-order valence-corrected chi connectivity index (χ0v) is 29.5. The lowest BCUT2D eigenvalue weighted by Crippen LogP contribution is -2.46. The van der Waals surface area contributed by atoms with E-state index in [1.165, 1.54) is 22.7 Å². The van der Waals surface area contributed by atoms with Gasteiger partial charge in [-0.1, -0.05) is 30.3 Å². The molecule has 10 nitrogen and oxygen atoms in total. The van der Waals surface area contributed by atoms with Crippen molar-refractivity contribution in [1.29, 1.82) is 0 Å². The molecule has 5 aromatic rings. The first kappa shape index (κ1) is 36.2. The number of nitrogens with one attached hydrogen (secondary N) is 2. The van der Waals surface area contributed by atoms with Gasteiger partial charge in [-0.25, -0.2) is 13.1 Å². The molecule has 1 fully saturated rings. The monoisotopic (exact) mass is 754 g/mol. The Morgan fingerprint density at radius 3 is 2.39 bits per heavy atom. The Kier molecular flexibility index (Phi) is 11.1. The van der Waals surface area contributed by atoms with Crippen LogP contribution >= 0.6 is 23.1 Å². The average Bonchev–Trinajstić information content (AvgIpc) is 3.59. The zero-order chi connectivity index (χ0) is 36.0. The van der Waals surface area contributed by atoms with E-state index in [1.54, 1.807) is 29.5 Å². The number of anilines is 2. The molecule has 6 rings (SSSR count). The van der Waals surface area contributed by atoms with Crippen LogP contribution < -0.4 is 14.9 Å². The number of nitrogens with zero attached hydrogens (tertiary/aromatic N) is 4. The van der Waals surface area contributed by atoms with Crippen LogP contribution in [-0.2, 0) is 22.7 Å². The Labute approximate surface area is 301 Å².